The molecule has 0 unspecified atom stereocenters. The van der Waals surface area contributed by atoms with E-state index >= 15 is 0 Å². The number of amides is 1. The second-order valence-corrected chi connectivity index (χ2v) is 5.77. The number of hydrogen-bond donors (Lipinski definition) is 1. The van der Waals surface area contributed by atoms with Crippen molar-refractivity contribution in [3.8, 4) is 0 Å². The Morgan fingerprint density at radius 1 is 1.32 bits per heavy atom. The molecule has 0 atom stereocenters. The zero-order chi connectivity index (χ0) is 14.0. The van der Waals surface area contributed by atoms with Crippen molar-refractivity contribution in [3.05, 3.63) is 34.9 Å². The molecular formula is C15H19NO3. The van der Waals surface area contributed by atoms with E-state index in [1.54, 1.807) is 0 Å². The molecule has 0 saturated carbocycles. The number of nitrogens with one attached hydrogen (secondary N) is 1. The molecule has 0 radical (unpaired) electrons. The van der Waals surface area contributed by atoms with Crippen molar-refractivity contribution in [2.75, 3.05) is 0 Å². The fraction of sp³-hybridized carbons (Fsp3) is 0.467. The molecule has 4 nitrogen and oxygen atoms in total. The van der Waals surface area contributed by atoms with E-state index in [1.807, 2.05) is 39.0 Å². The second kappa shape index (κ2) is 5.03. The van der Waals surface area contributed by atoms with Crippen LogP contribution in [0.5, 0.6) is 0 Å². The lowest BCUT2D eigenvalue weighted by Crippen LogP contribution is -2.32. The highest BCUT2D eigenvalue weighted by molar-refractivity contribution is 6.00. The number of carbonyl (C=O) groups is 2. The Balaban J connectivity index is 1.94. The van der Waals surface area contributed by atoms with Crippen LogP contribution in [0.3, 0.4) is 0 Å². The van der Waals surface area contributed by atoms with Crippen molar-refractivity contribution in [2.24, 2.45) is 0 Å². The number of carbonyl (C=O) groups excluding carboxylic acids is 2. The monoisotopic (exact) mass is 261 g/mol. The predicted molar refractivity (Wildman–Crippen MR) is 72.2 cm³/mol. The molecule has 1 aromatic rings. The minimum atomic E-state index is -0.492. The molecule has 1 aliphatic carbocycles. The summed E-state index contributed by atoms with van der Waals surface area (Å²) in [6, 6.07) is 5.70. The molecule has 0 saturated heterocycles. The van der Waals surface area contributed by atoms with Gasteiger partial charge in [0.2, 0.25) is 0 Å². The highest BCUT2D eigenvalue weighted by Gasteiger charge is 2.19. The van der Waals surface area contributed by atoms with Gasteiger partial charge in [-0.2, -0.15) is 0 Å². The lowest BCUT2D eigenvalue weighted by molar-refractivity contribution is 0.0523. The first-order chi connectivity index (χ1) is 8.85. The zero-order valence-electron chi connectivity index (χ0n) is 11.6. The average molecular weight is 261 g/mol. The number of ether oxygens (including phenoxy) is 1. The van der Waals surface area contributed by atoms with E-state index in [0.29, 0.717) is 13.0 Å². The van der Waals surface area contributed by atoms with E-state index in [2.05, 4.69) is 5.32 Å². The first kappa shape index (κ1) is 13.6. The van der Waals surface area contributed by atoms with Crippen LogP contribution < -0.4 is 5.32 Å². The molecule has 102 valence electrons. The molecule has 2 rings (SSSR count). The van der Waals surface area contributed by atoms with Gasteiger partial charge in [0.05, 0.1) is 0 Å². The number of hydrogen-bond acceptors (Lipinski definition) is 3. The van der Waals surface area contributed by atoms with Crippen molar-refractivity contribution >= 4 is 11.9 Å². The van der Waals surface area contributed by atoms with Crippen LogP contribution >= 0.6 is 0 Å². The largest absolute Gasteiger partial charge is 0.444 e. The summed E-state index contributed by atoms with van der Waals surface area (Å²) in [7, 11) is 0. The van der Waals surface area contributed by atoms with Crippen molar-refractivity contribution in [2.45, 2.75) is 45.8 Å². The van der Waals surface area contributed by atoms with Gasteiger partial charge in [-0.1, -0.05) is 18.2 Å². The molecule has 1 N–H and O–H groups in total. The summed E-state index contributed by atoms with van der Waals surface area (Å²) in [6.07, 6.45) is 0.969. The van der Waals surface area contributed by atoms with Gasteiger partial charge in [-0.15, -0.1) is 0 Å². The van der Waals surface area contributed by atoms with Crippen molar-refractivity contribution in [3.63, 3.8) is 0 Å². The van der Waals surface area contributed by atoms with Gasteiger partial charge < -0.3 is 10.1 Å². The lowest BCUT2D eigenvalue weighted by Gasteiger charge is -2.19. The summed E-state index contributed by atoms with van der Waals surface area (Å²) in [6.45, 7) is 5.89. The minimum absolute atomic E-state index is 0.210. The van der Waals surface area contributed by atoms with Gasteiger partial charge in [0.25, 0.3) is 0 Å². The van der Waals surface area contributed by atoms with Gasteiger partial charge in [-0.25, -0.2) is 4.79 Å². The van der Waals surface area contributed by atoms with Gasteiger partial charge in [-0.3, -0.25) is 4.79 Å². The van der Waals surface area contributed by atoms with Gasteiger partial charge in [0.1, 0.15) is 5.60 Å². The topological polar surface area (TPSA) is 55.4 Å². The summed E-state index contributed by atoms with van der Waals surface area (Å²) in [5, 5.41) is 2.71. The van der Waals surface area contributed by atoms with Crippen LogP contribution in [0.1, 0.15) is 48.7 Å². The Bertz CT molecular complexity index is 515. The molecule has 4 heteroatoms. The molecule has 0 fully saturated rings. The Morgan fingerprint density at radius 2 is 2.05 bits per heavy atom. The smallest absolute Gasteiger partial charge is 0.407 e. The third-order valence-electron chi connectivity index (χ3n) is 2.93. The highest BCUT2D eigenvalue weighted by atomic mass is 16.6. The number of benzene rings is 1. The van der Waals surface area contributed by atoms with Crippen LogP contribution in [-0.2, 0) is 17.7 Å². The summed E-state index contributed by atoms with van der Waals surface area (Å²) in [5.41, 5.74) is 2.39. The van der Waals surface area contributed by atoms with E-state index in [1.165, 1.54) is 0 Å². The minimum Gasteiger partial charge on any atom is -0.444 e. The third-order valence-corrected chi connectivity index (χ3v) is 2.93. The van der Waals surface area contributed by atoms with Gasteiger partial charge in [0.15, 0.2) is 5.78 Å². The van der Waals surface area contributed by atoms with Crippen LogP contribution in [0.25, 0.3) is 0 Å². The van der Waals surface area contributed by atoms with E-state index in [0.717, 1.165) is 23.1 Å². The number of Topliss-reactive ketones (excluding diaryl/α,β-unsaturated/α-hetero) is 1. The third kappa shape index (κ3) is 3.56. The van der Waals surface area contributed by atoms with E-state index in [9.17, 15) is 9.59 Å². The summed E-state index contributed by atoms with van der Waals surface area (Å²) in [4.78, 5) is 23.0. The zero-order valence-corrected chi connectivity index (χ0v) is 11.6. The number of rotatable bonds is 2. The predicted octanol–water partition coefficient (Wildman–Crippen LogP) is 2.84. The maximum absolute atomic E-state index is 11.5. The van der Waals surface area contributed by atoms with Crippen LogP contribution in [0.4, 0.5) is 4.79 Å². The number of aryl methyl sites for hydroxylation is 1. The summed E-state index contributed by atoms with van der Waals surface area (Å²) >= 11 is 0. The highest BCUT2D eigenvalue weighted by Crippen LogP contribution is 2.22. The molecule has 0 aromatic heterocycles. The Morgan fingerprint density at radius 3 is 2.74 bits per heavy atom. The van der Waals surface area contributed by atoms with Crippen LogP contribution in [-0.4, -0.2) is 17.5 Å². The number of ketones is 1. The molecule has 19 heavy (non-hydrogen) atoms. The Hall–Kier alpha value is -1.84. The Kier molecular flexibility index (Phi) is 3.60. The van der Waals surface area contributed by atoms with Crippen molar-refractivity contribution in [1.82, 2.24) is 5.32 Å². The second-order valence-electron chi connectivity index (χ2n) is 5.77. The standard InChI is InChI=1S/C15H19NO3/c1-15(2,3)19-14(18)16-9-10-4-6-12-11(8-10)5-7-13(12)17/h4,6,8H,5,7,9H2,1-3H3,(H,16,18). The molecule has 0 bridgehead atoms. The normalized spacial score (nSPS) is 14.2. The molecule has 1 aliphatic rings. The molecule has 0 spiro atoms. The van der Waals surface area contributed by atoms with Gasteiger partial charge in [0, 0.05) is 18.5 Å². The quantitative estimate of drug-likeness (QED) is 0.890. The molecule has 0 aliphatic heterocycles. The summed E-state index contributed by atoms with van der Waals surface area (Å²) in [5.74, 6) is 0.210. The summed E-state index contributed by atoms with van der Waals surface area (Å²) < 4.78 is 5.16. The van der Waals surface area contributed by atoms with Crippen molar-refractivity contribution in [1.29, 1.82) is 0 Å². The number of fused-ring (bicyclic) bond motifs is 1. The maximum Gasteiger partial charge on any atom is 0.407 e. The van der Waals surface area contributed by atoms with E-state index in [-0.39, 0.29) is 5.78 Å². The fourth-order valence-electron chi connectivity index (χ4n) is 2.11. The molecule has 1 aromatic carbocycles. The molecular weight excluding hydrogens is 242 g/mol. The average Bonchev–Trinajstić information content (AvgIpc) is 2.66. The van der Waals surface area contributed by atoms with Crippen LogP contribution in [0, 0.1) is 0 Å². The Labute approximate surface area is 113 Å². The first-order valence-corrected chi connectivity index (χ1v) is 6.47. The SMILES string of the molecule is CC(C)(C)OC(=O)NCc1ccc2c(c1)CCC2=O. The van der Waals surface area contributed by atoms with Gasteiger partial charge >= 0.3 is 6.09 Å². The van der Waals surface area contributed by atoms with Gasteiger partial charge in [-0.05, 0) is 38.3 Å². The maximum atomic E-state index is 11.5. The first-order valence-electron chi connectivity index (χ1n) is 6.47. The van der Waals surface area contributed by atoms with E-state index in [4.69, 9.17) is 4.74 Å². The van der Waals surface area contributed by atoms with Crippen LogP contribution in [0.2, 0.25) is 0 Å². The van der Waals surface area contributed by atoms with Crippen LogP contribution in [0.15, 0.2) is 18.2 Å². The molecule has 0 heterocycles. The lowest BCUT2D eigenvalue weighted by atomic mass is 10.1. The van der Waals surface area contributed by atoms with Crippen molar-refractivity contribution < 1.29 is 14.3 Å². The fourth-order valence-corrected chi connectivity index (χ4v) is 2.11. The number of alkyl carbamates (subject to hydrolysis) is 1. The van der Waals surface area contributed by atoms with E-state index < -0.39 is 11.7 Å². The molecule has 1 amide bonds.